The van der Waals surface area contributed by atoms with E-state index in [0.717, 1.165) is 23.3 Å². The highest BCUT2D eigenvalue weighted by Crippen LogP contribution is 2.13. The van der Waals surface area contributed by atoms with Crippen molar-refractivity contribution in [2.24, 2.45) is 0 Å². The average molecular weight is 255 g/mol. The van der Waals surface area contributed by atoms with Crippen LogP contribution >= 0.6 is 0 Å². The van der Waals surface area contributed by atoms with E-state index in [9.17, 15) is 4.79 Å². The van der Waals surface area contributed by atoms with Gasteiger partial charge in [-0.2, -0.15) is 0 Å². The first kappa shape index (κ1) is 13.3. The first-order chi connectivity index (χ1) is 9.29. The normalized spacial score (nSPS) is 10.2. The topological polar surface area (TPSA) is 39.2 Å². The minimum atomic E-state index is 0.155. The summed E-state index contributed by atoms with van der Waals surface area (Å²) >= 11 is 0. The molecule has 2 rings (SSSR count). The molecule has 0 amide bonds. The number of ketones is 1. The monoisotopic (exact) mass is 255 g/mol. The number of rotatable bonds is 6. The zero-order valence-electron chi connectivity index (χ0n) is 11.0. The molecule has 2 aromatic rings. The SMILES string of the molecule is CCC(=O)c1ccc(OCCc2cccnc2)cc1. The Hall–Kier alpha value is -2.16. The van der Waals surface area contributed by atoms with Gasteiger partial charge in [0.1, 0.15) is 5.75 Å². The molecule has 3 heteroatoms. The Bertz CT molecular complexity index is 520. The minimum Gasteiger partial charge on any atom is -0.493 e. The molecule has 98 valence electrons. The Morgan fingerprint density at radius 2 is 2.00 bits per heavy atom. The molecular formula is C16H17NO2. The van der Waals surface area contributed by atoms with Gasteiger partial charge in [0.25, 0.3) is 0 Å². The van der Waals surface area contributed by atoms with E-state index in [1.54, 1.807) is 6.20 Å². The van der Waals surface area contributed by atoms with Crippen molar-refractivity contribution in [2.45, 2.75) is 19.8 Å². The molecule has 0 aliphatic carbocycles. The van der Waals surface area contributed by atoms with Gasteiger partial charge in [0, 0.05) is 30.8 Å². The molecule has 3 nitrogen and oxygen atoms in total. The molecule has 0 unspecified atom stereocenters. The van der Waals surface area contributed by atoms with Crippen LogP contribution in [0, 0.1) is 0 Å². The van der Waals surface area contributed by atoms with Crippen LogP contribution in [-0.2, 0) is 6.42 Å². The zero-order chi connectivity index (χ0) is 13.5. The number of ether oxygens (including phenoxy) is 1. The summed E-state index contributed by atoms with van der Waals surface area (Å²) in [4.78, 5) is 15.5. The Morgan fingerprint density at radius 3 is 2.63 bits per heavy atom. The molecular weight excluding hydrogens is 238 g/mol. The summed E-state index contributed by atoms with van der Waals surface area (Å²) in [5.41, 5.74) is 1.89. The number of hydrogen-bond donors (Lipinski definition) is 0. The molecule has 1 heterocycles. The van der Waals surface area contributed by atoms with Crippen LogP contribution in [0.1, 0.15) is 29.3 Å². The van der Waals surface area contributed by atoms with Crippen molar-refractivity contribution in [2.75, 3.05) is 6.61 Å². The number of benzene rings is 1. The van der Waals surface area contributed by atoms with Crippen molar-refractivity contribution in [3.63, 3.8) is 0 Å². The van der Waals surface area contributed by atoms with Gasteiger partial charge in [0.2, 0.25) is 0 Å². The molecule has 0 N–H and O–H groups in total. The van der Waals surface area contributed by atoms with Crippen LogP contribution in [0.15, 0.2) is 48.8 Å². The summed E-state index contributed by atoms with van der Waals surface area (Å²) in [5, 5.41) is 0. The summed E-state index contributed by atoms with van der Waals surface area (Å²) in [6, 6.07) is 11.2. The molecule has 0 saturated carbocycles. The molecule has 0 aliphatic heterocycles. The van der Waals surface area contributed by atoms with E-state index in [1.165, 1.54) is 0 Å². The van der Waals surface area contributed by atoms with Gasteiger partial charge in [-0.1, -0.05) is 13.0 Å². The first-order valence-corrected chi connectivity index (χ1v) is 6.44. The lowest BCUT2D eigenvalue weighted by atomic mass is 10.1. The van der Waals surface area contributed by atoms with Crippen LogP contribution in [-0.4, -0.2) is 17.4 Å². The maximum Gasteiger partial charge on any atom is 0.162 e. The predicted octanol–water partition coefficient (Wildman–Crippen LogP) is 3.30. The van der Waals surface area contributed by atoms with Crippen molar-refractivity contribution in [3.8, 4) is 5.75 Å². The third-order valence-electron chi connectivity index (χ3n) is 2.88. The van der Waals surface area contributed by atoms with E-state index >= 15 is 0 Å². The smallest absolute Gasteiger partial charge is 0.162 e. The van der Waals surface area contributed by atoms with Gasteiger partial charge in [-0.15, -0.1) is 0 Å². The quantitative estimate of drug-likeness (QED) is 0.743. The first-order valence-electron chi connectivity index (χ1n) is 6.44. The molecule has 19 heavy (non-hydrogen) atoms. The lowest BCUT2D eigenvalue weighted by molar-refractivity contribution is 0.0988. The Balaban J connectivity index is 1.85. The molecule has 0 fully saturated rings. The Labute approximate surface area is 113 Å². The summed E-state index contributed by atoms with van der Waals surface area (Å²) in [6.07, 6.45) is 4.95. The third kappa shape index (κ3) is 3.91. The number of aromatic nitrogens is 1. The van der Waals surface area contributed by atoms with Gasteiger partial charge in [0.15, 0.2) is 5.78 Å². The van der Waals surface area contributed by atoms with E-state index < -0.39 is 0 Å². The highest BCUT2D eigenvalue weighted by atomic mass is 16.5. The maximum atomic E-state index is 11.5. The van der Waals surface area contributed by atoms with E-state index in [2.05, 4.69) is 4.98 Å². The second kappa shape index (κ2) is 6.69. The summed E-state index contributed by atoms with van der Waals surface area (Å²) in [5.74, 6) is 0.943. The van der Waals surface area contributed by atoms with Gasteiger partial charge in [-0.05, 0) is 35.9 Å². The third-order valence-corrected chi connectivity index (χ3v) is 2.88. The lowest BCUT2D eigenvalue weighted by Gasteiger charge is -2.06. The van der Waals surface area contributed by atoms with E-state index in [4.69, 9.17) is 4.74 Å². The number of nitrogens with zero attached hydrogens (tertiary/aromatic N) is 1. The summed E-state index contributed by atoms with van der Waals surface area (Å²) in [6.45, 7) is 2.47. The van der Waals surface area contributed by atoms with Crippen LogP contribution in [0.4, 0.5) is 0 Å². The fraction of sp³-hybridized carbons (Fsp3) is 0.250. The summed E-state index contributed by atoms with van der Waals surface area (Å²) < 4.78 is 5.64. The van der Waals surface area contributed by atoms with E-state index in [0.29, 0.717) is 13.0 Å². The van der Waals surface area contributed by atoms with Crippen LogP contribution < -0.4 is 4.74 Å². The van der Waals surface area contributed by atoms with Crippen LogP contribution in [0.2, 0.25) is 0 Å². The van der Waals surface area contributed by atoms with Crippen molar-refractivity contribution in [1.82, 2.24) is 4.98 Å². The van der Waals surface area contributed by atoms with Crippen molar-refractivity contribution < 1.29 is 9.53 Å². The molecule has 0 radical (unpaired) electrons. The molecule has 1 aromatic carbocycles. The largest absolute Gasteiger partial charge is 0.493 e. The highest BCUT2D eigenvalue weighted by Gasteiger charge is 2.02. The molecule has 0 bridgehead atoms. The average Bonchev–Trinajstić information content (AvgIpc) is 2.48. The lowest BCUT2D eigenvalue weighted by Crippen LogP contribution is -2.02. The van der Waals surface area contributed by atoms with Gasteiger partial charge >= 0.3 is 0 Å². The standard InChI is InChI=1S/C16H17NO2/c1-2-16(18)14-5-7-15(8-6-14)19-11-9-13-4-3-10-17-12-13/h3-8,10,12H,2,9,11H2,1H3. The van der Waals surface area contributed by atoms with Gasteiger partial charge in [0.05, 0.1) is 6.61 Å². The second-order valence-corrected chi connectivity index (χ2v) is 4.26. The number of Topliss-reactive ketones (excluding diaryl/α,β-unsaturated/α-hetero) is 1. The number of carbonyl (C=O) groups excluding carboxylic acids is 1. The van der Waals surface area contributed by atoms with Gasteiger partial charge in [-0.25, -0.2) is 0 Å². The molecule has 1 aromatic heterocycles. The maximum absolute atomic E-state index is 11.5. The number of hydrogen-bond acceptors (Lipinski definition) is 3. The molecule has 0 spiro atoms. The summed E-state index contributed by atoms with van der Waals surface area (Å²) in [7, 11) is 0. The van der Waals surface area contributed by atoms with Gasteiger partial charge < -0.3 is 4.74 Å². The zero-order valence-corrected chi connectivity index (χ0v) is 11.0. The Kier molecular flexibility index (Phi) is 4.67. The second-order valence-electron chi connectivity index (χ2n) is 4.26. The van der Waals surface area contributed by atoms with Crippen LogP contribution in [0.5, 0.6) is 5.75 Å². The molecule has 0 aliphatic rings. The predicted molar refractivity (Wildman–Crippen MR) is 74.5 cm³/mol. The van der Waals surface area contributed by atoms with E-state index in [1.807, 2.05) is 49.5 Å². The molecule has 0 atom stereocenters. The van der Waals surface area contributed by atoms with Crippen LogP contribution in [0.3, 0.4) is 0 Å². The fourth-order valence-electron chi connectivity index (χ4n) is 1.77. The minimum absolute atomic E-state index is 0.155. The van der Waals surface area contributed by atoms with Crippen LogP contribution in [0.25, 0.3) is 0 Å². The van der Waals surface area contributed by atoms with Crippen molar-refractivity contribution in [1.29, 1.82) is 0 Å². The van der Waals surface area contributed by atoms with Gasteiger partial charge in [-0.3, -0.25) is 9.78 Å². The number of pyridine rings is 1. The van der Waals surface area contributed by atoms with Crippen molar-refractivity contribution in [3.05, 3.63) is 59.9 Å². The van der Waals surface area contributed by atoms with E-state index in [-0.39, 0.29) is 5.78 Å². The number of carbonyl (C=O) groups is 1. The van der Waals surface area contributed by atoms with Crippen molar-refractivity contribution >= 4 is 5.78 Å². The molecule has 0 saturated heterocycles. The Morgan fingerprint density at radius 1 is 1.21 bits per heavy atom. The highest BCUT2D eigenvalue weighted by molar-refractivity contribution is 5.95. The fourth-order valence-corrected chi connectivity index (χ4v) is 1.77.